The maximum atomic E-state index is 14.9. The van der Waals surface area contributed by atoms with Crippen LogP contribution in [0.4, 0.5) is 9.18 Å². The maximum absolute atomic E-state index is 14.9. The third kappa shape index (κ3) is 5.43. The molecule has 0 aliphatic carbocycles. The molecule has 2 aliphatic heterocycles. The topological polar surface area (TPSA) is 77.1 Å². The fourth-order valence-electron chi connectivity index (χ4n) is 3.75. The molecule has 7 nitrogen and oxygen atoms in total. The van der Waals surface area contributed by atoms with Gasteiger partial charge in [0.1, 0.15) is 11.4 Å². The van der Waals surface area contributed by atoms with Gasteiger partial charge >= 0.3 is 13.2 Å². The van der Waals surface area contributed by atoms with Crippen molar-refractivity contribution < 1.29 is 28.0 Å². The number of nitrogens with zero attached hydrogens (tertiary/aromatic N) is 1. The van der Waals surface area contributed by atoms with Gasteiger partial charge in [0.15, 0.2) is 0 Å². The highest BCUT2D eigenvalue weighted by Crippen LogP contribution is 2.36. The number of piperidine rings is 1. The predicted molar refractivity (Wildman–Crippen MR) is 120 cm³/mol. The molecule has 2 amide bonds. The minimum atomic E-state index is -0.698. The van der Waals surface area contributed by atoms with Gasteiger partial charge in [-0.05, 0) is 78.9 Å². The Labute approximate surface area is 190 Å². The highest BCUT2D eigenvalue weighted by molar-refractivity contribution is 6.62. The van der Waals surface area contributed by atoms with Crippen molar-refractivity contribution >= 4 is 24.6 Å². The Morgan fingerprint density at radius 2 is 1.81 bits per heavy atom. The molecule has 3 rings (SSSR count). The fourth-order valence-corrected chi connectivity index (χ4v) is 3.75. The summed E-state index contributed by atoms with van der Waals surface area (Å²) in [5.74, 6) is -1.02. The number of hydrogen-bond donors (Lipinski definition) is 1. The van der Waals surface area contributed by atoms with Gasteiger partial charge in [0.05, 0.1) is 16.8 Å². The van der Waals surface area contributed by atoms with Gasteiger partial charge in [-0.2, -0.15) is 0 Å². The minimum Gasteiger partial charge on any atom is -0.444 e. The number of rotatable bonds is 3. The zero-order valence-electron chi connectivity index (χ0n) is 20.1. The minimum absolute atomic E-state index is 0.0109. The standard InChI is InChI=1S/C23H34BFN2O5/c1-21(2,3)30-20(29)26-16-9-8-12-27(14-16)19(28)17-11-10-15(13-18(17)25)24-31-22(4,5)23(6,7)32-24/h10-11,13,16H,8-9,12,14H2,1-7H3,(H,26,29)/t16-/m0/s1. The summed E-state index contributed by atoms with van der Waals surface area (Å²) < 4.78 is 32.2. The van der Waals surface area contributed by atoms with Crippen molar-refractivity contribution in [3.63, 3.8) is 0 Å². The Morgan fingerprint density at radius 3 is 2.38 bits per heavy atom. The molecule has 2 fully saturated rings. The van der Waals surface area contributed by atoms with Crippen LogP contribution < -0.4 is 10.8 Å². The van der Waals surface area contributed by atoms with E-state index in [-0.39, 0.29) is 11.6 Å². The van der Waals surface area contributed by atoms with Gasteiger partial charge in [-0.15, -0.1) is 0 Å². The molecule has 2 saturated heterocycles. The summed E-state index contributed by atoms with van der Waals surface area (Å²) in [5.41, 5.74) is -1.15. The van der Waals surface area contributed by atoms with Crippen LogP contribution in [0, 0.1) is 5.82 Å². The van der Waals surface area contributed by atoms with Gasteiger partial charge in [-0.1, -0.05) is 6.07 Å². The molecule has 0 saturated carbocycles. The molecule has 1 aromatic rings. The van der Waals surface area contributed by atoms with E-state index in [4.69, 9.17) is 14.0 Å². The molecule has 0 unspecified atom stereocenters. The summed E-state index contributed by atoms with van der Waals surface area (Å²) in [6.45, 7) is 13.9. The fraction of sp³-hybridized carbons (Fsp3) is 0.652. The van der Waals surface area contributed by atoms with E-state index in [0.717, 1.165) is 6.42 Å². The van der Waals surface area contributed by atoms with Gasteiger partial charge in [0.25, 0.3) is 5.91 Å². The normalized spacial score (nSPS) is 22.6. The third-order valence-corrected chi connectivity index (χ3v) is 6.18. The SMILES string of the molecule is CC(C)(C)OC(=O)N[C@H]1CCCN(C(=O)c2ccc(B3OC(C)(C)C(C)(C)O3)cc2F)C1. The van der Waals surface area contributed by atoms with Crippen molar-refractivity contribution in [3.05, 3.63) is 29.6 Å². The molecule has 9 heteroatoms. The van der Waals surface area contributed by atoms with Gasteiger partial charge in [0.2, 0.25) is 0 Å². The lowest BCUT2D eigenvalue weighted by molar-refractivity contribution is 0.00578. The zero-order valence-corrected chi connectivity index (χ0v) is 20.1. The van der Waals surface area contributed by atoms with Gasteiger partial charge in [-0.3, -0.25) is 4.79 Å². The molecule has 0 bridgehead atoms. The molecule has 32 heavy (non-hydrogen) atoms. The summed E-state index contributed by atoms with van der Waals surface area (Å²) in [6.07, 6.45) is 0.918. The number of likely N-dealkylation sites (tertiary alicyclic amines) is 1. The Balaban J connectivity index is 1.67. The van der Waals surface area contributed by atoms with Crippen molar-refractivity contribution in [2.24, 2.45) is 0 Å². The first kappa shape index (κ1) is 24.5. The second kappa shape index (κ2) is 8.67. The molecule has 2 heterocycles. The maximum Gasteiger partial charge on any atom is 0.494 e. The van der Waals surface area contributed by atoms with Crippen LogP contribution in [-0.2, 0) is 14.0 Å². The summed E-state index contributed by atoms with van der Waals surface area (Å²) in [6, 6.07) is 4.20. The summed E-state index contributed by atoms with van der Waals surface area (Å²) >= 11 is 0. The summed E-state index contributed by atoms with van der Waals surface area (Å²) in [5, 5.41) is 2.81. The van der Waals surface area contributed by atoms with Crippen LogP contribution in [0.25, 0.3) is 0 Å². The van der Waals surface area contributed by atoms with E-state index < -0.39 is 41.7 Å². The average molecular weight is 448 g/mol. The molecule has 1 atom stereocenters. The van der Waals surface area contributed by atoms with Gasteiger partial charge in [0, 0.05) is 19.1 Å². The van der Waals surface area contributed by atoms with Gasteiger partial charge < -0.3 is 24.3 Å². The Bertz CT molecular complexity index is 868. The van der Waals surface area contributed by atoms with Crippen LogP contribution in [0.3, 0.4) is 0 Å². The lowest BCUT2D eigenvalue weighted by atomic mass is 9.78. The molecular weight excluding hydrogens is 414 g/mol. The predicted octanol–water partition coefficient (Wildman–Crippen LogP) is 3.25. The Morgan fingerprint density at radius 1 is 1.19 bits per heavy atom. The first-order chi connectivity index (χ1) is 14.7. The number of nitrogens with one attached hydrogen (secondary N) is 1. The van der Waals surface area contributed by atoms with Crippen molar-refractivity contribution in [3.8, 4) is 0 Å². The number of ether oxygens (including phenoxy) is 1. The average Bonchev–Trinajstić information content (AvgIpc) is 2.87. The number of amides is 2. The number of halogens is 1. The monoisotopic (exact) mass is 448 g/mol. The lowest BCUT2D eigenvalue weighted by Crippen LogP contribution is -2.50. The first-order valence-corrected chi connectivity index (χ1v) is 11.1. The molecule has 0 radical (unpaired) electrons. The molecule has 1 aromatic carbocycles. The number of carbonyl (C=O) groups excluding carboxylic acids is 2. The Kier molecular flexibility index (Phi) is 6.64. The largest absolute Gasteiger partial charge is 0.494 e. The second-order valence-electron chi connectivity index (χ2n) is 10.6. The van der Waals surface area contributed by atoms with Crippen molar-refractivity contribution in [1.82, 2.24) is 10.2 Å². The van der Waals surface area contributed by atoms with Crippen LogP contribution in [0.5, 0.6) is 0 Å². The number of carbonyl (C=O) groups is 2. The van der Waals surface area contributed by atoms with E-state index in [0.29, 0.717) is 25.0 Å². The molecular formula is C23H34BFN2O5. The Hall–Kier alpha value is -2.13. The van der Waals surface area contributed by atoms with Gasteiger partial charge in [-0.25, -0.2) is 9.18 Å². The molecule has 2 aliphatic rings. The molecule has 1 N–H and O–H groups in total. The quantitative estimate of drug-likeness (QED) is 0.719. The molecule has 0 spiro atoms. The van der Waals surface area contributed by atoms with Crippen molar-refractivity contribution in [2.45, 2.75) is 84.2 Å². The number of alkyl carbamates (subject to hydrolysis) is 1. The van der Waals surface area contributed by atoms with Crippen LogP contribution in [0.15, 0.2) is 18.2 Å². The second-order valence-corrected chi connectivity index (χ2v) is 10.6. The van der Waals surface area contributed by atoms with Crippen molar-refractivity contribution in [1.29, 1.82) is 0 Å². The number of hydrogen-bond acceptors (Lipinski definition) is 5. The van der Waals surface area contributed by atoms with Crippen LogP contribution in [0.1, 0.15) is 71.7 Å². The highest BCUT2D eigenvalue weighted by Gasteiger charge is 2.51. The summed E-state index contributed by atoms with van der Waals surface area (Å²) in [7, 11) is -0.698. The van der Waals surface area contributed by atoms with E-state index in [2.05, 4.69) is 5.32 Å². The van der Waals surface area contributed by atoms with E-state index in [9.17, 15) is 14.0 Å². The van der Waals surface area contributed by atoms with Crippen LogP contribution in [0.2, 0.25) is 0 Å². The van der Waals surface area contributed by atoms with E-state index in [1.807, 2.05) is 27.7 Å². The smallest absolute Gasteiger partial charge is 0.444 e. The number of benzene rings is 1. The molecule has 176 valence electrons. The first-order valence-electron chi connectivity index (χ1n) is 11.1. The third-order valence-electron chi connectivity index (χ3n) is 6.18. The lowest BCUT2D eigenvalue weighted by Gasteiger charge is -2.33. The summed E-state index contributed by atoms with van der Waals surface area (Å²) in [4.78, 5) is 26.6. The van der Waals surface area contributed by atoms with Crippen molar-refractivity contribution in [2.75, 3.05) is 13.1 Å². The zero-order chi connectivity index (χ0) is 23.9. The highest BCUT2D eigenvalue weighted by atomic mass is 19.1. The van der Waals surface area contributed by atoms with E-state index >= 15 is 0 Å². The van der Waals surface area contributed by atoms with Crippen LogP contribution >= 0.6 is 0 Å². The van der Waals surface area contributed by atoms with Crippen LogP contribution in [-0.4, -0.2) is 60.0 Å². The van der Waals surface area contributed by atoms with E-state index in [1.165, 1.54) is 12.1 Å². The van der Waals surface area contributed by atoms with E-state index in [1.54, 1.807) is 31.7 Å². The molecule has 0 aromatic heterocycles.